The van der Waals surface area contributed by atoms with E-state index in [-0.39, 0.29) is 52.1 Å². The number of benzene rings is 3. The number of carboxylic acid groups (broad SMARTS) is 2. The van der Waals surface area contributed by atoms with Crippen molar-refractivity contribution in [1.29, 1.82) is 0 Å². The maximum atomic E-state index is 13.2. The summed E-state index contributed by atoms with van der Waals surface area (Å²) in [6.07, 6.45) is 0. The molecule has 1 aromatic heterocycles. The number of rotatable bonds is 7. The average Bonchev–Trinajstić information content (AvgIpc) is 2.84. The Morgan fingerprint density at radius 3 is 1.66 bits per heavy atom. The monoisotopic (exact) mass is 475 g/mol. The van der Waals surface area contributed by atoms with Crippen molar-refractivity contribution in [2.75, 3.05) is 0 Å². The first-order valence-electron chi connectivity index (χ1n) is 10.2. The molecule has 0 fully saturated rings. The second-order valence-corrected chi connectivity index (χ2v) is 7.64. The lowest BCUT2D eigenvalue weighted by Gasteiger charge is -2.16. The smallest absolute Gasteiger partial charge is 0.336 e. The van der Waals surface area contributed by atoms with E-state index in [2.05, 4.69) is 0 Å². The molecule has 0 spiro atoms. The van der Waals surface area contributed by atoms with E-state index in [1.807, 2.05) is 0 Å². The van der Waals surface area contributed by atoms with Gasteiger partial charge in [0.15, 0.2) is 0 Å². The molecule has 0 saturated carbocycles. The van der Waals surface area contributed by atoms with Crippen molar-refractivity contribution in [3.63, 3.8) is 0 Å². The zero-order chi connectivity index (χ0) is 25.3. The molecular formula is C24H17N3O8. The summed E-state index contributed by atoms with van der Waals surface area (Å²) in [5.41, 5.74) is -1.85. The molecule has 4 aromatic rings. The SMILES string of the molecule is O=C(O)c1ccccc1Cn1c(=O)c(=O)n(Cc2ccccc2C(=O)O)c2cc([N+](=O)[O-])ccc21. The van der Waals surface area contributed by atoms with Gasteiger partial charge in [-0.25, -0.2) is 9.59 Å². The van der Waals surface area contributed by atoms with E-state index < -0.39 is 28.0 Å². The van der Waals surface area contributed by atoms with Gasteiger partial charge in [-0.2, -0.15) is 0 Å². The third-order valence-corrected chi connectivity index (χ3v) is 5.58. The zero-order valence-corrected chi connectivity index (χ0v) is 18.0. The topological polar surface area (TPSA) is 162 Å². The average molecular weight is 475 g/mol. The van der Waals surface area contributed by atoms with Gasteiger partial charge in [-0.3, -0.25) is 28.8 Å². The van der Waals surface area contributed by atoms with E-state index in [1.165, 1.54) is 48.5 Å². The van der Waals surface area contributed by atoms with Crippen molar-refractivity contribution in [3.8, 4) is 0 Å². The van der Waals surface area contributed by atoms with E-state index in [9.17, 15) is 39.5 Å². The lowest BCUT2D eigenvalue weighted by molar-refractivity contribution is -0.384. The van der Waals surface area contributed by atoms with Gasteiger partial charge in [0.25, 0.3) is 5.69 Å². The number of non-ortho nitro benzene ring substituents is 1. The van der Waals surface area contributed by atoms with Crippen LogP contribution in [0.5, 0.6) is 0 Å². The highest BCUT2D eigenvalue weighted by molar-refractivity contribution is 5.90. The standard InChI is InChI=1S/C24H17N3O8/c28-21-22(29)26(13-15-6-2-4-8-18(15)24(32)33)20-11-16(27(34)35)9-10-19(20)25(21)12-14-5-1-3-7-17(14)23(30)31/h1-11H,12-13H2,(H,30,31)(H,32,33). The molecular weight excluding hydrogens is 458 g/mol. The number of hydrogen-bond acceptors (Lipinski definition) is 6. The highest BCUT2D eigenvalue weighted by Gasteiger charge is 2.20. The molecule has 0 atom stereocenters. The van der Waals surface area contributed by atoms with Gasteiger partial charge in [0.1, 0.15) is 0 Å². The summed E-state index contributed by atoms with van der Waals surface area (Å²) in [4.78, 5) is 60.3. The number of nitrogens with zero attached hydrogens (tertiary/aromatic N) is 3. The first kappa shape index (κ1) is 23.1. The van der Waals surface area contributed by atoms with Gasteiger partial charge in [0.2, 0.25) is 0 Å². The number of carbonyl (C=O) groups is 2. The van der Waals surface area contributed by atoms with Crippen LogP contribution in [0.25, 0.3) is 11.0 Å². The van der Waals surface area contributed by atoms with E-state index in [4.69, 9.17) is 0 Å². The van der Waals surface area contributed by atoms with Crippen LogP contribution in [-0.2, 0) is 13.1 Å². The Hall–Kier alpha value is -5.06. The maximum absolute atomic E-state index is 13.2. The molecule has 11 heteroatoms. The molecule has 0 aliphatic carbocycles. The third-order valence-electron chi connectivity index (χ3n) is 5.58. The molecule has 2 N–H and O–H groups in total. The fourth-order valence-electron chi connectivity index (χ4n) is 3.91. The quantitative estimate of drug-likeness (QED) is 0.234. The third kappa shape index (κ3) is 4.29. The first-order valence-corrected chi connectivity index (χ1v) is 10.2. The number of nitro benzene ring substituents is 1. The van der Waals surface area contributed by atoms with Gasteiger partial charge >= 0.3 is 23.1 Å². The Kier molecular flexibility index (Phi) is 5.98. The Bertz CT molecular complexity index is 1630. The second kappa shape index (κ2) is 9.06. The number of nitro groups is 1. The Labute approximate surface area is 195 Å². The van der Waals surface area contributed by atoms with E-state index in [1.54, 1.807) is 12.1 Å². The fourth-order valence-corrected chi connectivity index (χ4v) is 3.91. The van der Waals surface area contributed by atoms with Crippen LogP contribution < -0.4 is 11.1 Å². The molecule has 0 saturated heterocycles. The second-order valence-electron chi connectivity index (χ2n) is 7.64. The van der Waals surface area contributed by atoms with Crippen LogP contribution in [0.15, 0.2) is 76.3 Å². The minimum atomic E-state index is -1.23. The van der Waals surface area contributed by atoms with Crippen LogP contribution in [0.4, 0.5) is 5.69 Å². The summed E-state index contributed by atoms with van der Waals surface area (Å²) in [5, 5.41) is 30.4. The predicted octanol–water partition coefficient (Wildman–Crippen LogP) is 2.56. The van der Waals surface area contributed by atoms with Crippen molar-refractivity contribution < 1.29 is 24.7 Å². The lowest BCUT2D eigenvalue weighted by Crippen LogP contribution is -2.42. The van der Waals surface area contributed by atoms with Gasteiger partial charge in [0.05, 0.1) is 40.2 Å². The minimum absolute atomic E-state index is 0.0248. The lowest BCUT2D eigenvalue weighted by atomic mass is 10.1. The highest BCUT2D eigenvalue weighted by atomic mass is 16.6. The highest BCUT2D eigenvalue weighted by Crippen LogP contribution is 2.22. The number of aromatic nitrogens is 2. The number of aromatic carboxylic acids is 2. The van der Waals surface area contributed by atoms with Gasteiger partial charge in [-0.05, 0) is 29.3 Å². The number of fused-ring (bicyclic) bond motifs is 1. The number of hydrogen-bond donors (Lipinski definition) is 2. The van der Waals surface area contributed by atoms with Crippen LogP contribution in [0.3, 0.4) is 0 Å². The van der Waals surface area contributed by atoms with Gasteiger partial charge in [-0.15, -0.1) is 0 Å². The van der Waals surface area contributed by atoms with Crippen LogP contribution in [0.1, 0.15) is 31.8 Å². The van der Waals surface area contributed by atoms with Gasteiger partial charge in [-0.1, -0.05) is 36.4 Å². The van der Waals surface area contributed by atoms with E-state index in [0.717, 1.165) is 15.2 Å². The molecule has 1 heterocycles. The van der Waals surface area contributed by atoms with Crippen LogP contribution >= 0.6 is 0 Å². The van der Waals surface area contributed by atoms with Crippen LogP contribution in [-0.4, -0.2) is 36.2 Å². The molecule has 11 nitrogen and oxygen atoms in total. The molecule has 4 rings (SSSR count). The molecule has 0 amide bonds. The summed E-state index contributed by atoms with van der Waals surface area (Å²) in [7, 11) is 0. The fraction of sp³-hybridized carbons (Fsp3) is 0.0833. The maximum Gasteiger partial charge on any atom is 0.336 e. The molecule has 0 aliphatic rings. The summed E-state index contributed by atoms with van der Waals surface area (Å²) < 4.78 is 2.05. The van der Waals surface area contributed by atoms with Crippen molar-refractivity contribution in [1.82, 2.24) is 9.13 Å². The Balaban J connectivity index is 1.99. The first-order chi connectivity index (χ1) is 16.7. The molecule has 0 unspecified atom stereocenters. The van der Waals surface area contributed by atoms with Crippen molar-refractivity contribution in [2.24, 2.45) is 0 Å². The molecule has 0 radical (unpaired) electrons. The summed E-state index contributed by atoms with van der Waals surface area (Å²) in [6, 6.07) is 15.5. The summed E-state index contributed by atoms with van der Waals surface area (Å²) in [5.74, 6) is -2.45. The molecule has 3 aromatic carbocycles. The van der Waals surface area contributed by atoms with E-state index >= 15 is 0 Å². The molecule has 0 bridgehead atoms. The van der Waals surface area contributed by atoms with E-state index in [0.29, 0.717) is 0 Å². The zero-order valence-electron chi connectivity index (χ0n) is 18.0. The largest absolute Gasteiger partial charge is 0.478 e. The predicted molar refractivity (Wildman–Crippen MR) is 124 cm³/mol. The Morgan fingerprint density at radius 2 is 1.20 bits per heavy atom. The molecule has 0 aliphatic heterocycles. The van der Waals surface area contributed by atoms with Crippen molar-refractivity contribution in [3.05, 3.63) is 120 Å². The molecule has 35 heavy (non-hydrogen) atoms. The normalized spacial score (nSPS) is 10.9. The van der Waals surface area contributed by atoms with Gasteiger partial charge < -0.3 is 10.2 Å². The summed E-state index contributed by atoms with van der Waals surface area (Å²) in [6.45, 7) is -0.585. The Morgan fingerprint density at radius 1 is 0.743 bits per heavy atom. The minimum Gasteiger partial charge on any atom is -0.478 e. The molecule has 176 valence electrons. The van der Waals surface area contributed by atoms with Gasteiger partial charge in [0, 0.05) is 12.1 Å². The van der Waals surface area contributed by atoms with Crippen molar-refractivity contribution in [2.45, 2.75) is 13.1 Å². The number of carboxylic acids is 2. The van der Waals surface area contributed by atoms with Crippen LogP contribution in [0.2, 0.25) is 0 Å². The summed E-state index contributed by atoms with van der Waals surface area (Å²) >= 11 is 0. The van der Waals surface area contributed by atoms with Crippen molar-refractivity contribution >= 4 is 28.7 Å². The van der Waals surface area contributed by atoms with Crippen LogP contribution in [0, 0.1) is 10.1 Å².